The van der Waals surface area contributed by atoms with Gasteiger partial charge in [0.2, 0.25) is 11.8 Å². The van der Waals surface area contributed by atoms with Crippen molar-refractivity contribution in [3.8, 4) is 0 Å². The normalized spacial score (nSPS) is 16.2. The van der Waals surface area contributed by atoms with Crippen LogP contribution in [-0.2, 0) is 29.2 Å². The van der Waals surface area contributed by atoms with Gasteiger partial charge in [-0.1, -0.05) is 5.16 Å². The van der Waals surface area contributed by atoms with Crippen molar-refractivity contribution in [2.24, 2.45) is 0 Å². The van der Waals surface area contributed by atoms with Crippen molar-refractivity contribution < 1.29 is 14.1 Å². The smallest absolute Gasteiger partial charge is 0.244 e. The van der Waals surface area contributed by atoms with Crippen molar-refractivity contribution in [3.63, 3.8) is 0 Å². The van der Waals surface area contributed by atoms with Gasteiger partial charge in [0.25, 0.3) is 0 Å². The molecular weight excluding hydrogens is 324 g/mol. The predicted octanol–water partition coefficient (Wildman–Crippen LogP) is 0.455. The maximum absolute atomic E-state index is 12.5. The van der Waals surface area contributed by atoms with E-state index in [-0.39, 0.29) is 12.5 Å². The summed E-state index contributed by atoms with van der Waals surface area (Å²) >= 11 is 0. The van der Waals surface area contributed by atoms with Gasteiger partial charge in [0.1, 0.15) is 13.2 Å². The van der Waals surface area contributed by atoms with Crippen LogP contribution in [-0.4, -0.2) is 68.9 Å². The summed E-state index contributed by atoms with van der Waals surface area (Å²) < 4.78 is 11.9. The van der Waals surface area contributed by atoms with Crippen LogP contribution >= 0.6 is 0 Å². The number of carbonyl (C=O) groups is 1. The number of hydrogen-bond acceptors (Lipinski definition) is 7. The molecule has 25 heavy (non-hydrogen) atoms. The zero-order chi connectivity index (χ0) is 17.6. The number of amides is 1. The molecule has 1 aliphatic heterocycles. The lowest BCUT2D eigenvalue weighted by atomic mass is 10.3. The molecule has 1 fully saturated rings. The molecule has 0 radical (unpaired) electrons. The molecule has 3 rings (SSSR count). The standard InChI is InChI=1S/C16H24N6O3/c1-13-4-7-22(18-13)11-16(23)21-6-3-5-20(8-9-21)10-15-17-14(12-24-2)19-25-15/h4,7H,3,5-6,8-12H2,1-2H3. The first-order valence-corrected chi connectivity index (χ1v) is 8.44. The molecule has 136 valence electrons. The summed E-state index contributed by atoms with van der Waals surface area (Å²) in [5, 5.41) is 8.15. The van der Waals surface area contributed by atoms with Gasteiger partial charge in [-0.05, 0) is 19.4 Å². The molecule has 1 amide bonds. The third-order valence-corrected chi connectivity index (χ3v) is 4.15. The second kappa shape index (κ2) is 8.21. The fourth-order valence-electron chi connectivity index (χ4n) is 2.90. The third kappa shape index (κ3) is 4.86. The van der Waals surface area contributed by atoms with Crippen LogP contribution in [0.5, 0.6) is 0 Å². The monoisotopic (exact) mass is 348 g/mol. The van der Waals surface area contributed by atoms with E-state index in [0.29, 0.717) is 31.4 Å². The van der Waals surface area contributed by atoms with E-state index >= 15 is 0 Å². The number of carbonyl (C=O) groups excluding carboxylic acids is 1. The van der Waals surface area contributed by atoms with Crippen LogP contribution in [0, 0.1) is 6.92 Å². The molecule has 9 heteroatoms. The molecule has 0 aliphatic carbocycles. The fraction of sp³-hybridized carbons (Fsp3) is 0.625. The lowest BCUT2D eigenvalue weighted by molar-refractivity contribution is -0.131. The third-order valence-electron chi connectivity index (χ3n) is 4.15. The number of nitrogens with zero attached hydrogens (tertiary/aromatic N) is 6. The summed E-state index contributed by atoms with van der Waals surface area (Å²) in [5.41, 5.74) is 0.919. The molecule has 0 unspecified atom stereocenters. The first-order chi connectivity index (χ1) is 12.1. The minimum Gasteiger partial charge on any atom is -0.377 e. The summed E-state index contributed by atoms with van der Waals surface area (Å²) in [6.07, 6.45) is 2.76. The average molecular weight is 348 g/mol. The molecule has 0 saturated carbocycles. The van der Waals surface area contributed by atoms with Gasteiger partial charge in [0.15, 0.2) is 5.82 Å². The van der Waals surface area contributed by atoms with Crippen LogP contribution < -0.4 is 0 Å². The molecule has 1 aliphatic rings. The summed E-state index contributed by atoms with van der Waals surface area (Å²) in [6.45, 7) is 6.28. The Morgan fingerprint density at radius 2 is 2.20 bits per heavy atom. The number of aromatic nitrogens is 4. The zero-order valence-corrected chi connectivity index (χ0v) is 14.7. The van der Waals surface area contributed by atoms with Crippen molar-refractivity contribution in [2.75, 3.05) is 33.3 Å². The molecule has 0 aromatic carbocycles. The average Bonchev–Trinajstić information content (AvgIpc) is 3.11. The lowest BCUT2D eigenvalue weighted by Crippen LogP contribution is -2.37. The van der Waals surface area contributed by atoms with Crippen molar-refractivity contribution in [3.05, 3.63) is 29.7 Å². The Kier molecular flexibility index (Phi) is 5.77. The van der Waals surface area contributed by atoms with Crippen molar-refractivity contribution in [1.29, 1.82) is 0 Å². The molecule has 0 N–H and O–H groups in total. The SMILES string of the molecule is COCc1noc(CN2CCCN(C(=O)Cn3ccc(C)n3)CC2)n1. The number of hydrogen-bond donors (Lipinski definition) is 0. The van der Waals surface area contributed by atoms with E-state index in [1.807, 2.05) is 24.1 Å². The van der Waals surface area contributed by atoms with Crippen LogP contribution in [0.4, 0.5) is 0 Å². The summed E-state index contributed by atoms with van der Waals surface area (Å²) in [7, 11) is 1.60. The van der Waals surface area contributed by atoms with Gasteiger partial charge in [-0.15, -0.1) is 0 Å². The Morgan fingerprint density at radius 1 is 1.32 bits per heavy atom. The highest BCUT2D eigenvalue weighted by atomic mass is 16.5. The quantitative estimate of drug-likeness (QED) is 0.749. The Balaban J connectivity index is 1.50. The van der Waals surface area contributed by atoms with E-state index in [4.69, 9.17) is 9.26 Å². The second-order valence-electron chi connectivity index (χ2n) is 6.20. The minimum absolute atomic E-state index is 0.102. The van der Waals surface area contributed by atoms with Crippen molar-refractivity contribution >= 4 is 5.91 Å². The molecule has 2 aromatic rings. The Morgan fingerprint density at radius 3 is 2.96 bits per heavy atom. The Bertz CT molecular complexity index is 698. The van der Waals surface area contributed by atoms with Gasteiger partial charge < -0.3 is 14.2 Å². The van der Waals surface area contributed by atoms with Crippen LogP contribution in [0.2, 0.25) is 0 Å². The van der Waals surface area contributed by atoms with Crippen molar-refractivity contribution in [2.45, 2.75) is 33.0 Å². The molecular formula is C16H24N6O3. The largest absolute Gasteiger partial charge is 0.377 e. The number of ether oxygens (including phenoxy) is 1. The van der Waals surface area contributed by atoms with Crippen LogP contribution in [0.1, 0.15) is 23.8 Å². The van der Waals surface area contributed by atoms with E-state index in [2.05, 4.69) is 20.1 Å². The summed E-state index contributed by atoms with van der Waals surface area (Å²) in [4.78, 5) is 20.9. The number of rotatable bonds is 6. The highest BCUT2D eigenvalue weighted by Crippen LogP contribution is 2.09. The molecule has 3 heterocycles. The van der Waals surface area contributed by atoms with Gasteiger partial charge in [-0.3, -0.25) is 14.4 Å². The van der Waals surface area contributed by atoms with Gasteiger partial charge in [0.05, 0.1) is 12.2 Å². The van der Waals surface area contributed by atoms with Gasteiger partial charge >= 0.3 is 0 Å². The van der Waals surface area contributed by atoms with Gasteiger partial charge in [-0.2, -0.15) is 10.1 Å². The van der Waals surface area contributed by atoms with Crippen molar-refractivity contribution in [1.82, 2.24) is 29.7 Å². The first kappa shape index (κ1) is 17.6. The molecule has 0 spiro atoms. The molecule has 2 aromatic heterocycles. The minimum atomic E-state index is 0.102. The zero-order valence-electron chi connectivity index (χ0n) is 14.7. The lowest BCUT2D eigenvalue weighted by Gasteiger charge is -2.21. The van der Waals surface area contributed by atoms with Gasteiger partial charge in [-0.25, -0.2) is 0 Å². The highest BCUT2D eigenvalue weighted by molar-refractivity contribution is 5.75. The molecule has 1 saturated heterocycles. The van der Waals surface area contributed by atoms with Crippen LogP contribution in [0.25, 0.3) is 0 Å². The fourth-order valence-corrected chi connectivity index (χ4v) is 2.90. The van der Waals surface area contributed by atoms with E-state index in [1.165, 1.54) is 0 Å². The first-order valence-electron chi connectivity index (χ1n) is 8.44. The molecule has 0 bridgehead atoms. The maximum atomic E-state index is 12.5. The highest BCUT2D eigenvalue weighted by Gasteiger charge is 2.21. The summed E-state index contributed by atoms with van der Waals surface area (Å²) in [6, 6.07) is 1.90. The van der Waals surface area contributed by atoms with E-state index in [9.17, 15) is 4.79 Å². The van der Waals surface area contributed by atoms with Gasteiger partial charge in [0, 0.05) is 39.5 Å². The topological polar surface area (TPSA) is 89.5 Å². The van der Waals surface area contributed by atoms with E-state index < -0.39 is 0 Å². The molecule has 9 nitrogen and oxygen atoms in total. The van der Waals surface area contributed by atoms with Crippen LogP contribution in [0.3, 0.4) is 0 Å². The Labute approximate surface area is 146 Å². The Hall–Kier alpha value is -2.26. The van der Waals surface area contributed by atoms with E-state index in [1.54, 1.807) is 11.8 Å². The number of aryl methyl sites for hydroxylation is 1. The number of methoxy groups -OCH3 is 1. The summed E-state index contributed by atoms with van der Waals surface area (Å²) in [5.74, 6) is 1.24. The predicted molar refractivity (Wildman–Crippen MR) is 88.4 cm³/mol. The van der Waals surface area contributed by atoms with Crippen LogP contribution in [0.15, 0.2) is 16.8 Å². The second-order valence-corrected chi connectivity index (χ2v) is 6.20. The van der Waals surface area contributed by atoms with E-state index in [0.717, 1.165) is 31.7 Å². The molecule has 0 atom stereocenters. The maximum Gasteiger partial charge on any atom is 0.244 e.